The number of aryl methyl sites for hydroxylation is 1. The average molecular weight is 1380 g/mol. The van der Waals surface area contributed by atoms with Gasteiger partial charge in [0.1, 0.15) is 66.0 Å². The summed E-state index contributed by atoms with van der Waals surface area (Å²) in [5.41, 5.74) is -1.79. The van der Waals surface area contributed by atoms with E-state index in [4.69, 9.17) is 51.3 Å². The zero-order chi connectivity index (χ0) is 68.9. The third-order valence-electron chi connectivity index (χ3n) is 16.5. The molecule has 0 aliphatic carbocycles. The number of hydrogen-bond acceptors (Lipinski definition) is 23. The van der Waals surface area contributed by atoms with E-state index in [9.17, 15) is 38.1 Å². The Labute approximate surface area is 553 Å². The van der Waals surface area contributed by atoms with Crippen LogP contribution in [0.25, 0.3) is 11.2 Å². The molecule has 30 nitrogen and oxygen atoms in total. The normalized spacial score (nSPS) is 22.2. The van der Waals surface area contributed by atoms with Crippen molar-refractivity contribution in [3.05, 3.63) is 203 Å². The molecule has 3 fully saturated rings. The number of H-pyrrole nitrogens is 2. The lowest BCUT2D eigenvalue weighted by Gasteiger charge is -2.37. The predicted octanol–water partition coefficient (Wildman–Crippen LogP) is 7.35. The number of anilines is 2. The van der Waals surface area contributed by atoms with E-state index in [1.54, 1.807) is 82.7 Å². The van der Waals surface area contributed by atoms with Crippen molar-refractivity contribution >= 4 is 55.9 Å². The Bertz CT molecular complexity index is 4460. The van der Waals surface area contributed by atoms with Gasteiger partial charge in [-0.15, -0.1) is 0 Å². The minimum Gasteiger partial charge on any atom is -0.497 e. The molecular formula is C65H72N10O20P2. The van der Waals surface area contributed by atoms with Crippen LogP contribution in [0.3, 0.4) is 0 Å². The van der Waals surface area contributed by atoms with Crippen LogP contribution in [0.2, 0.25) is 0 Å². The molecule has 7 heterocycles. The van der Waals surface area contributed by atoms with E-state index in [1.165, 1.54) is 61.1 Å². The van der Waals surface area contributed by atoms with Crippen LogP contribution in [0.5, 0.6) is 11.5 Å². The van der Waals surface area contributed by atoms with Crippen molar-refractivity contribution in [2.45, 2.75) is 108 Å². The molecule has 0 unspecified atom stereocenters. The largest absolute Gasteiger partial charge is 0.497 e. The zero-order valence-electron chi connectivity index (χ0n) is 54.0. The Morgan fingerprint density at radius 3 is 1.73 bits per heavy atom. The minimum atomic E-state index is -4.34. The number of aromatic nitrogens is 8. The van der Waals surface area contributed by atoms with Gasteiger partial charge in [-0.25, -0.2) is 14.6 Å². The van der Waals surface area contributed by atoms with Crippen molar-refractivity contribution in [2.24, 2.45) is 5.92 Å². The van der Waals surface area contributed by atoms with Crippen LogP contribution in [0.1, 0.15) is 91.3 Å². The van der Waals surface area contributed by atoms with Crippen molar-refractivity contribution in [1.29, 1.82) is 0 Å². The standard InChI is InChI=1S/C65H72N10O20P2/c1-37(2)58(77)70-62-69-57-56(61(80)71-62)66-36-75(57)55-29-46(90-39(4)76)50(92-55)34-88-96(7,83)95-48-31-54(74-32-38(3)59(78)72-64(74)82)93-51(48)35-89-97(8,84)94-47-30-53(73-28-27-52(68-63(73)81)67-60(79)40-15-11-9-12-16-40)91-49(47)33-87-65(41-17-13-10-14-18-41,42-19-23-44(85-5)24-20-42)43-21-25-45(86-6)26-22-43/h9-28,32,36-37,46-51,53-55H,29-31,33-35H2,1-8H3,(H,72,78,82)(H,67,68,79,81)(H2,69,70,71,77,80)/t46-,47-,48-,49+,50+,51+,53+,54+,55+,96-,97-/m0/s1. The molecule has 4 aromatic heterocycles. The molecule has 0 radical (unpaired) electrons. The number of ether oxygens (including phenoxy) is 7. The maximum Gasteiger partial charge on any atom is 0.351 e. The second-order valence-electron chi connectivity index (χ2n) is 23.7. The second kappa shape index (κ2) is 29.3. The highest BCUT2D eigenvalue weighted by atomic mass is 31.2. The highest BCUT2D eigenvalue weighted by Crippen LogP contribution is 2.53. The van der Waals surface area contributed by atoms with Gasteiger partial charge in [0.2, 0.25) is 11.9 Å². The molecule has 11 rings (SSSR count). The van der Waals surface area contributed by atoms with Crippen molar-refractivity contribution in [3.63, 3.8) is 0 Å². The van der Waals surface area contributed by atoms with E-state index >= 15 is 4.57 Å². The number of rotatable bonds is 26. The fraction of sp³-hybridized carbons (Fsp3) is 0.385. The van der Waals surface area contributed by atoms with E-state index in [-0.39, 0.29) is 54.4 Å². The van der Waals surface area contributed by atoms with Gasteiger partial charge in [-0.3, -0.25) is 62.1 Å². The number of nitrogens with zero attached hydrogens (tertiary/aromatic N) is 6. The number of fused-ring (bicyclic) bond motifs is 1. The van der Waals surface area contributed by atoms with Gasteiger partial charge in [0.05, 0.1) is 52.6 Å². The van der Waals surface area contributed by atoms with Crippen molar-refractivity contribution < 1.29 is 74.8 Å². The molecule has 4 aromatic carbocycles. The third kappa shape index (κ3) is 15.8. The van der Waals surface area contributed by atoms with Crippen LogP contribution in [-0.2, 0) is 66.1 Å². The maximum atomic E-state index is 15.1. The smallest absolute Gasteiger partial charge is 0.351 e. The quantitative estimate of drug-likeness (QED) is 0.0234. The first kappa shape index (κ1) is 69.3. The van der Waals surface area contributed by atoms with Crippen LogP contribution in [-0.4, -0.2) is 140 Å². The molecule has 0 spiro atoms. The molecular weight excluding hydrogens is 1300 g/mol. The van der Waals surface area contributed by atoms with Crippen LogP contribution >= 0.6 is 15.2 Å². The van der Waals surface area contributed by atoms with Gasteiger partial charge in [0, 0.05) is 69.0 Å². The number of carbonyl (C=O) groups excluding carboxylic acids is 3. The van der Waals surface area contributed by atoms with Gasteiger partial charge < -0.3 is 56.6 Å². The number of amides is 2. The lowest BCUT2D eigenvalue weighted by Crippen LogP contribution is -2.38. The summed E-state index contributed by atoms with van der Waals surface area (Å²) in [6.07, 6.45) is -6.58. The zero-order valence-corrected chi connectivity index (χ0v) is 55.7. The number of benzene rings is 4. The van der Waals surface area contributed by atoms with E-state index < -0.39 is 136 Å². The van der Waals surface area contributed by atoms with Crippen LogP contribution < -0.4 is 42.6 Å². The molecule has 97 heavy (non-hydrogen) atoms. The fourth-order valence-corrected chi connectivity index (χ4v) is 14.0. The van der Waals surface area contributed by atoms with Crippen molar-refractivity contribution in [1.82, 2.24) is 38.6 Å². The summed E-state index contributed by atoms with van der Waals surface area (Å²) in [7, 11) is -5.50. The van der Waals surface area contributed by atoms with E-state index in [0.29, 0.717) is 33.8 Å². The molecule has 11 atom stereocenters. The van der Waals surface area contributed by atoms with Gasteiger partial charge in [-0.05, 0) is 66.1 Å². The minimum absolute atomic E-state index is 0.0112. The molecule has 0 saturated carbocycles. The molecule has 4 N–H and O–H groups in total. The average Bonchev–Trinajstić information content (AvgIpc) is 1.01. The molecule has 8 aromatic rings. The van der Waals surface area contributed by atoms with Gasteiger partial charge in [-0.2, -0.15) is 9.97 Å². The number of nitrogens with one attached hydrogen (secondary N) is 4. The highest BCUT2D eigenvalue weighted by Gasteiger charge is 2.48. The summed E-state index contributed by atoms with van der Waals surface area (Å²) in [6, 6.07) is 33.9. The molecule has 0 bridgehead atoms. The Hall–Kier alpha value is -9.06. The summed E-state index contributed by atoms with van der Waals surface area (Å²) < 4.78 is 102. The topological polar surface area (TPSA) is 364 Å². The van der Waals surface area contributed by atoms with Crippen molar-refractivity contribution in [2.75, 3.05) is 58.0 Å². The number of carbonyl (C=O) groups is 3. The van der Waals surface area contributed by atoms with E-state index in [2.05, 4.69) is 35.6 Å². The lowest BCUT2D eigenvalue weighted by atomic mass is 9.80. The third-order valence-corrected chi connectivity index (χ3v) is 19.0. The summed E-state index contributed by atoms with van der Waals surface area (Å²) in [5.74, 6) is -1.01. The Morgan fingerprint density at radius 1 is 0.649 bits per heavy atom. The molecule has 3 aliphatic heterocycles. The SMILES string of the molecule is COc1ccc(C(OC[C@H]2O[C@@H](n3ccc(NC(=O)c4ccccc4)nc3=O)C[C@@H]2O[P@@](C)(=O)OC[C@H]2O[C@@H](n3cc(C)c(=O)[nH]c3=O)C[C@@H]2O[P@@](C)(=O)OC[C@H]2O[C@@H](n3cnc4c(=O)[nH]c(NC(=O)C(C)C)nc43)C[C@@H]2OC(C)=O)(c2ccccc2)c2ccc(OC)cc2)cc1. The summed E-state index contributed by atoms with van der Waals surface area (Å²) in [4.78, 5) is 109. The maximum absolute atomic E-state index is 15.1. The van der Waals surface area contributed by atoms with Crippen LogP contribution in [0.4, 0.5) is 11.8 Å². The number of aromatic amines is 2. The molecule has 512 valence electrons. The Kier molecular flexibility index (Phi) is 21.0. The second-order valence-corrected chi connectivity index (χ2v) is 27.7. The first-order valence-corrected chi connectivity index (χ1v) is 34.9. The van der Waals surface area contributed by atoms with Gasteiger partial charge in [-0.1, -0.05) is 86.6 Å². The summed E-state index contributed by atoms with van der Waals surface area (Å²) >= 11 is 0. The first-order valence-electron chi connectivity index (χ1n) is 30.9. The highest BCUT2D eigenvalue weighted by molar-refractivity contribution is 7.53. The summed E-state index contributed by atoms with van der Waals surface area (Å²) in [6.45, 7) is 7.03. The van der Waals surface area contributed by atoms with Gasteiger partial charge in [0.25, 0.3) is 17.0 Å². The Morgan fingerprint density at radius 2 is 1.18 bits per heavy atom. The lowest BCUT2D eigenvalue weighted by molar-refractivity contribution is -0.150. The molecule has 3 aliphatic rings. The summed E-state index contributed by atoms with van der Waals surface area (Å²) in [5, 5.41) is 5.21. The van der Waals surface area contributed by atoms with Gasteiger partial charge >= 0.3 is 32.5 Å². The molecule has 3 saturated heterocycles. The van der Waals surface area contributed by atoms with Crippen LogP contribution in [0, 0.1) is 12.8 Å². The predicted molar refractivity (Wildman–Crippen MR) is 349 cm³/mol. The number of hydrogen-bond donors (Lipinski definition) is 4. The van der Waals surface area contributed by atoms with Gasteiger partial charge in [0.15, 0.2) is 11.2 Å². The number of methoxy groups -OCH3 is 2. The first-order chi connectivity index (χ1) is 46.4. The number of esters is 1. The molecule has 2 amide bonds. The van der Waals surface area contributed by atoms with E-state index in [0.717, 1.165) is 4.57 Å². The van der Waals surface area contributed by atoms with Crippen molar-refractivity contribution in [3.8, 4) is 11.5 Å². The van der Waals surface area contributed by atoms with Crippen LogP contribution in [0.15, 0.2) is 153 Å². The Balaban J connectivity index is 0.854. The molecule has 32 heteroatoms. The monoisotopic (exact) mass is 1370 g/mol. The fourth-order valence-electron chi connectivity index (χ4n) is 11.6. The van der Waals surface area contributed by atoms with E-state index in [1.807, 2.05) is 54.6 Å². The number of imidazole rings is 1.